The van der Waals surface area contributed by atoms with Crippen molar-refractivity contribution in [1.29, 1.82) is 0 Å². The fraction of sp³-hybridized carbons (Fsp3) is 0. The molecule has 0 aliphatic carbocycles. The topological polar surface area (TPSA) is 66.5 Å². The zero-order chi connectivity index (χ0) is 18.4. The predicted octanol–water partition coefficient (Wildman–Crippen LogP) is 4.09. The van der Waals surface area contributed by atoms with Crippen molar-refractivity contribution in [1.82, 2.24) is 10.4 Å². The lowest BCUT2D eigenvalue weighted by Gasteiger charge is -2.27. The number of rotatable bonds is 2. The summed E-state index contributed by atoms with van der Waals surface area (Å²) in [6.07, 6.45) is 0. The molecule has 1 heterocycles. The number of hydrogen-bond donors (Lipinski definition) is 1. The van der Waals surface area contributed by atoms with Crippen LogP contribution in [-0.4, -0.2) is 22.7 Å². The summed E-state index contributed by atoms with van der Waals surface area (Å²) < 4.78 is 0. The molecule has 0 atom stereocenters. The van der Waals surface area contributed by atoms with Crippen LogP contribution < -0.4 is 5.43 Å². The molecular formula is C19H10Cl2N2O3. The lowest BCUT2D eigenvalue weighted by molar-refractivity contribution is 0.0479. The molecule has 0 saturated carbocycles. The van der Waals surface area contributed by atoms with Gasteiger partial charge in [-0.15, -0.1) is 0 Å². The number of halogens is 2. The van der Waals surface area contributed by atoms with Crippen LogP contribution in [0, 0.1) is 0 Å². The molecule has 3 amide bonds. The van der Waals surface area contributed by atoms with Crippen molar-refractivity contribution in [3.8, 4) is 0 Å². The van der Waals surface area contributed by atoms with Gasteiger partial charge in [-0.3, -0.25) is 19.8 Å². The monoisotopic (exact) mass is 384 g/mol. The van der Waals surface area contributed by atoms with E-state index in [0.29, 0.717) is 31.9 Å². The molecule has 0 bridgehead atoms. The number of nitrogens with zero attached hydrogens (tertiary/aromatic N) is 1. The van der Waals surface area contributed by atoms with Gasteiger partial charge >= 0.3 is 0 Å². The highest BCUT2D eigenvalue weighted by Crippen LogP contribution is 2.33. The van der Waals surface area contributed by atoms with E-state index in [1.165, 1.54) is 12.1 Å². The minimum absolute atomic E-state index is 0.273. The van der Waals surface area contributed by atoms with Crippen LogP contribution in [0.1, 0.15) is 31.1 Å². The number of benzene rings is 3. The van der Waals surface area contributed by atoms with Crippen LogP contribution in [0.2, 0.25) is 10.0 Å². The Hall–Kier alpha value is -2.89. The van der Waals surface area contributed by atoms with Gasteiger partial charge in [-0.25, -0.2) is 0 Å². The highest BCUT2D eigenvalue weighted by Gasteiger charge is 2.34. The molecule has 128 valence electrons. The summed E-state index contributed by atoms with van der Waals surface area (Å²) in [7, 11) is 0. The van der Waals surface area contributed by atoms with Crippen LogP contribution >= 0.6 is 23.2 Å². The van der Waals surface area contributed by atoms with Gasteiger partial charge in [-0.1, -0.05) is 35.3 Å². The van der Waals surface area contributed by atoms with Crippen LogP contribution in [-0.2, 0) is 0 Å². The molecule has 0 spiro atoms. The summed E-state index contributed by atoms with van der Waals surface area (Å²) in [5.41, 5.74) is 3.25. The molecule has 0 aromatic heterocycles. The Labute approximate surface area is 158 Å². The normalized spacial score (nSPS) is 13.2. The Morgan fingerprint density at radius 3 is 2.19 bits per heavy atom. The lowest BCUT2D eigenvalue weighted by Crippen LogP contribution is -2.51. The molecule has 26 heavy (non-hydrogen) atoms. The summed E-state index contributed by atoms with van der Waals surface area (Å²) in [5, 5.41) is 2.76. The molecule has 7 heteroatoms. The maximum atomic E-state index is 12.8. The first kappa shape index (κ1) is 16.6. The number of hydrazine groups is 1. The molecule has 0 fully saturated rings. The van der Waals surface area contributed by atoms with Crippen LogP contribution in [0.3, 0.4) is 0 Å². The van der Waals surface area contributed by atoms with Gasteiger partial charge in [0.2, 0.25) is 0 Å². The third-order valence-corrected chi connectivity index (χ3v) is 4.76. The first-order valence-electron chi connectivity index (χ1n) is 7.64. The number of imide groups is 1. The molecule has 5 nitrogen and oxygen atoms in total. The third-order valence-electron chi connectivity index (χ3n) is 4.17. The third kappa shape index (κ3) is 2.53. The Bertz CT molecular complexity index is 1070. The van der Waals surface area contributed by atoms with Gasteiger partial charge in [0, 0.05) is 26.4 Å². The van der Waals surface area contributed by atoms with Gasteiger partial charge < -0.3 is 0 Å². The first-order valence-corrected chi connectivity index (χ1v) is 8.39. The molecule has 3 aromatic rings. The van der Waals surface area contributed by atoms with E-state index in [4.69, 9.17) is 23.2 Å². The summed E-state index contributed by atoms with van der Waals surface area (Å²) in [5.74, 6) is -1.82. The molecular weight excluding hydrogens is 375 g/mol. The zero-order valence-electron chi connectivity index (χ0n) is 13.1. The molecule has 3 aromatic carbocycles. The smallest absolute Gasteiger partial charge is 0.267 e. The van der Waals surface area contributed by atoms with E-state index in [-0.39, 0.29) is 5.56 Å². The van der Waals surface area contributed by atoms with E-state index in [1.807, 2.05) is 0 Å². The predicted molar refractivity (Wildman–Crippen MR) is 98.4 cm³/mol. The lowest BCUT2D eigenvalue weighted by atomic mass is 9.95. The molecule has 4 rings (SSSR count). The molecule has 1 aliphatic heterocycles. The molecule has 0 unspecified atom stereocenters. The summed E-state index contributed by atoms with van der Waals surface area (Å²) in [6, 6.07) is 14.3. The van der Waals surface area contributed by atoms with Crippen LogP contribution in [0.25, 0.3) is 10.8 Å². The van der Waals surface area contributed by atoms with Gasteiger partial charge in [0.05, 0.1) is 11.1 Å². The number of carbonyl (C=O) groups excluding carboxylic acids is 3. The van der Waals surface area contributed by atoms with Crippen molar-refractivity contribution < 1.29 is 14.4 Å². The Morgan fingerprint density at radius 2 is 1.50 bits per heavy atom. The van der Waals surface area contributed by atoms with Gasteiger partial charge in [0.1, 0.15) is 0 Å². The number of carbonyl (C=O) groups is 3. The van der Waals surface area contributed by atoms with E-state index in [9.17, 15) is 14.4 Å². The van der Waals surface area contributed by atoms with E-state index >= 15 is 0 Å². The van der Waals surface area contributed by atoms with E-state index < -0.39 is 17.7 Å². The second-order valence-corrected chi connectivity index (χ2v) is 6.56. The van der Waals surface area contributed by atoms with Crippen LogP contribution in [0.5, 0.6) is 0 Å². The zero-order valence-corrected chi connectivity index (χ0v) is 14.6. The molecule has 0 radical (unpaired) electrons. The standard InChI is InChI=1S/C19H10Cl2N2O3/c20-11-6-4-10(5-7-11)17(24)22-23-18(25)13-3-1-2-12-15(21)9-8-14(16(12)13)19(23)26/h1-9H,(H,22,24). The quantitative estimate of drug-likeness (QED) is 0.676. The fourth-order valence-electron chi connectivity index (χ4n) is 2.93. The van der Waals surface area contributed by atoms with Gasteiger partial charge in [-0.05, 0) is 42.5 Å². The minimum atomic E-state index is -0.613. The number of hydrogen-bond acceptors (Lipinski definition) is 3. The van der Waals surface area contributed by atoms with Crippen molar-refractivity contribution in [3.63, 3.8) is 0 Å². The van der Waals surface area contributed by atoms with Gasteiger partial charge in [0.15, 0.2) is 0 Å². The van der Waals surface area contributed by atoms with Crippen LogP contribution in [0.15, 0.2) is 54.6 Å². The summed E-state index contributed by atoms with van der Waals surface area (Å²) in [4.78, 5) is 37.9. The Balaban J connectivity index is 1.75. The second kappa shape index (κ2) is 6.12. The van der Waals surface area contributed by atoms with Crippen molar-refractivity contribution in [3.05, 3.63) is 81.3 Å². The average Bonchev–Trinajstić information content (AvgIpc) is 2.64. The van der Waals surface area contributed by atoms with E-state index in [0.717, 1.165) is 5.01 Å². The molecule has 0 saturated heterocycles. The minimum Gasteiger partial charge on any atom is -0.267 e. The van der Waals surface area contributed by atoms with E-state index in [2.05, 4.69) is 5.43 Å². The highest BCUT2D eigenvalue weighted by molar-refractivity contribution is 6.38. The van der Waals surface area contributed by atoms with Gasteiger partial charge in [0.25, 0.3) is 17.7 Å². The average molecular weight is 385 g/mol. The highest BCUT2D eigenvalue weighted by atomic mass is 35.5. The SMILES string of the molecule is O=C(NN1C(=O)c2cccc3c(Cl)ccc(c23)C1=O)c1ccc(Cl)cc1. The van der Waals surface area contributed by atoms with Crippen LogP contribution in [0.4, 0.5) is 0 Å². The Kier molecular flexibility index (Phi) is 3.90. The van der Waals surface area contributed by atoms with Crippen molar-refractivity contribution in [2.24, 2.45) is 0 Å². The number of amides is 3. The second-order valence-electron chi connectivity index (χ2n) is 5.72. The van der Waals surface area contributed by atoms with E-state index in [1.54, 1.807) is 42.5 Å². The molecule has 1 N–H and O–H groups in total. The summed E-state index contributed by atoms with van der Waals surface area (Å²) in [6.45, 7) is 0. The fourth-order valence-corrected chi connectivity index (χ4v) is 3.28. The van der Waals surface area contributed by atoms with Crippen molar-refractivity contribution in [2.45, 2.75) is 0 Å². The van der Waals surface area contributed by atoms with Crippen molar-refractivity contribution in [2.75, 3.05) is 0 Å². The number of nitrogens with one attached hydrogen (secondary N) is 1. The summed E-state index contributed by atoms with van der Waals surface area (Å²) >= 11 is 12.0. The van der Waals surface area contributed by atoms with Gasteiger partial charge in [-0.2, -0.15) is 5.01 Å². The maximum Gasteiger partial charge on any atom is 0.280 e. The molecule has 1 aliphatic rings. The first-order chi connectivity index (χ1) is 12.5. The largest absolute Gasteiger partial charge is 0.280 e. The Morgan fingerprint density at radius 1 is 0.846 bits per heavy atom. The maximum absolute atomic E-state index is 12.8. The van der Waals surface area contributed by atoms with Crippen molar-refractivity contribution >= 4 is 51.7 Å².